The highest BCUT2D eigenvalue weighted by Gasteiger charge is 2.26. The Kier molecular flexibility index (Phi) is 2.18. The van der Waals surface area contributed by atoms with Crippen LogP contribution in [0.15, 0.2) is 30.3 Å². The first-order valence-electron chi connectivity index (χ1n) is 4.34. The first-order chi connectivity index (χ1) is 6.75. The first kappa shape index (κ1) is 8.74. The van der Waals surface area contributed by atoms with Crippen LogP contribution in [0.5, 0.6) is 0 Å². The van der Waals surface area contributed by atoms with Crippen LogP contribution in [0.1, 0.15) is 5.56 Å². The van der Waals surface area contributed by atoms with Crippen LogP contribution >= 0.6 is 0 Å². The Balaban J connectivity index is 2.05. The lowest BCUT2D eigenvalue weighted by Crippen LogP contribution is -2.23. The number of cyclic esters (lactones) is 1. The molecule has 0 atom stereocenters. The van der Waals surface area contributed by atoms with Crippen molar-refractivity contribution in [2.75, 3.05) is 6.54 Å². The molecule has 1 aliphatic rings. The van der Waals surface area contributed by atoms with Crippen molar-refractivity contribution < 1.29 is 9.53 Å². The van der Waals surface area contributed by atoms with Gasteiger partial charge in [0.15, 0.2) is 0 Å². The average Bonchev–Trinajstić information content (AvgIpc) is 2.47. The molecule has 4 nitrogen and oxygen atoms in total. The van der Waals surface area contributed by atoms with Crippen molar-refractivity contribution in [3.05, 3.63) is 35.9 Å². The van der Waals surface area contributed by atoms with Crippen LogP contribution in [0.25, 0.3) is 0 Å². The molecule has 1 N–H and O–H groups in total. The topological polar surface area (TPSA) is 53.4 Å². The molecule has 1 fully saturated rings. The molecule has 0 spiro atoms. The molecule has 1 aromatic rings. The molecule has 1 heterocycles. The number of benzene rings is 1. The summed E-state index contributed by atoms with van der Waals surface area (Å²) in [4.78, 5) is 12.6. The monoisotopic (exact) mass is 190 g/mol. The molecule has 1 amide bonds. The summed E-state index contributed by atoms with van der Waals surface area (Å²) >= 11 is 0. The Labute approximate surface area is 81.6 Å². The molecular weight excluding hydrogens is 180 g/mol. The molecule has 1 aliphatic heterocycles. The lowest BCUT2D eigenvalue weighted by molar-refractivity contribution is 0.174. The van der Waals surface area contributed by atoms with E-state index in [0.717, 1.165) is 5.56 Å². The number of nitrogens with zero attached hydrogens (tertiary/aromatic N) is 1. The predicted octanol–water partition coefficient (Wildman–Crippen LogP) is 1.62. The summed E-state index contributed by atoms with van der Waals surface area (Å²) < 4.78 is 4.62. The van der Waals surface area contributed by atoms with E-state index in [1.807, 2.05) is 30.3 Å². The highest BCUT2D eigenvalue weighted by Crippen LogP contribution is 2.10. The van der Waals surface area contributed by atoms with E-state index >= 15 is 0 Å². The van der Waals surface area contributed by atoms with Crippen LogP contribution in [0.2, 0.25) is 0 Å². The Morgan fingerprint density at radius 2 is 2.07 bits per heavy atom. The van der Waals surface area contributed by atoms with Crippen LogP contribution in [0, 0.1) is 5.41 Å². The maximum absolute atomic E-state index is 11.2. The van der Waals surface area contributed by atoms with E-state index in [1.165, 1.54) is 4.90 Å². The number of carbonyl (C=O) groups excluding carboxylic acids is 1. The van der Waals surface area contributed by atoms with Crippen molar-refractivity contribution in [1.82, 2.24) is 4.90 Å². The van der Waals surface area contributed by atoms with Crippen molar-refractivity contribution in [3.8, 4) is 0 Å². The number of hydrogen-bond acceptors (Lipinski definition) is 3. The van der Waals surface area contributed by atoms with Gasteiger partial charge in [0.1, 0.15) is 6.54 Å². The molecule has 0 bridgehead atoms. The van der Waals surface area contributed by atoms with Crippen LogP contribution in [-0.2, 0) is 11.3 Å². The van der Waals surface area contributed by atoms with Gasteiger partial charge in [0.05, 0.1) is 0 Å². The third kappa shape index (κ3) is 1.74. The smallest absolute Gasteiger partial charge is 0.394 e. The molecule has 4 heteroatoms. The number of rotatable bonds is 2. The number of nitrogens with one attached hydrogen (secondary N) is 1. The van der Waals surface area contributed by atoms with Gasteiger partial charge in [-0.25, -0.2) is 4.79 Å². The van der Waals surface area contributed by atoms with Gasteiger partial charge in [-0.2, -0.15) is 0 Å². The van der Waals surface area contributed by atoms with Crippen molar-refractivity contribution in [3.63, 3.8) is 0 Å². The number of carbonyl (C=O) groups is 1. The van der Waals surface area contributed by atoms with Crippen LogP contribution in [-0.4, -0.2) is 23.4 Å². The summed E-state index contributed by atoms with van der Waals surface area (Å²) in [7, 11) is 0. The standard InChI is InChI=1S/C10H10N2O2/c11-9-7-12(10(13)14-9)6-8-4-2-1-3-5-8/h1-5,11H,6-7H2. The normalized spacial score (nSPS) is 15.9. The molecule has 0 aliphatic carbocycles. The minimum atomic E-state index is -0.432. The van der Waals surface area contributed by atoms with Crippen molar-refractivity contribution in [2.24, 2.45) is 0 Å². The third-order valence-electron chi connectivity index (χ3n) is 2.02. The summed E-state index contributed by atoms with van der Waals surface area (Å²) in [6.45, 7) is 0.774. The molecule has 1 saturated heterocycles. The zero-order chi connectivity index (χ0) is 9.97. The third-order valence-corrected chi connectivity index (χ3v) is 2.02. The highest BCUT2D eigenvalue weighted by atomic mass is 16.6. The lowest BCUT2D eigenvalue weighted by Gasteiger charge is -2.10. The van der Waals surface area contributed by atoms with E-state index in [0.29, 0.717) is 6.54 Å². The zero-order valence-electron chi connectivity index (χ0n) is 7.56. The van der Waals surface area contributed by atoms with Crippen LogP contribution in [0.4, 0.5) is 4.79 Å². The Hall–Kier alpha value is -1.84. The minimum Gasteiger partial charge on any atom is -0.394 e. The molecule has 0 unspecified atom stereocenters. The van der Waals surface area contributed by atoms with Crippen LogP contribution in [0.3, 0.4) is 0 Å². The Morgan fingerprint density at radius 1 is 1.36 bits per heavy atom. The summed E-state index contributed by atoms with van der Waals surface area (Å²) in [6.07, 6.45) is -0.432. The van der Waals surface area contributed by atoms with Gasteiger partial charge in [0, 0.05) is 6.54 Å². The second kappa shape index (κ2) is 3.49. The molecule has 0 saturated carbocycles. The largest absolute Gasteiger partial charge is 0.417 e. The van der Waals surface area contributed by atoms with E-state index in [-0.39, 0.29) is 12.4 Å². The predicted molar refractivity (Wildman–Crippen MR) is 51.1 cm³/mol. The van der Waals surface area contributed by atoms with Gasteiger partial charge in [0.2, 0.25) is 5.90 Å². The van der Waals surface area contributed by atoms with E-state index in [4.69, 9.17) is 5.41 Å². The van der Waals surface area contributed by atoms with Crippen molar-refractivity contribution >= 4 is 12.0 Å². The zero-order valence-corrected chi connectivity index (χ0v) is 7.56. The number of ether oxygens (including phenoxy) is 1. The molecule has 2 rings (SSSR count). The molecule has 0 radical (unpaired) electrons. The Morgan fingerprint density at radius 3 is 2.64 bits per heavy atom. The van der Waals surface area contributed by atoms with Gasteiger partial charge >= 0.3 is 6.09 Å². The lowest BCUT2D eigenvalue weighted by atomic mass is 10.2. The molecule has 72 valence electrons. The van der Waals surface area contributed by atoms with Gasteiger partial charge in [0.25, 0.3) is 0 Å². The van der Waals surface area contributed by atoms with E-state index < -0.39 is 6.09 Å². The minimum absolute atomic E-state index is 0.0194. The summed E-state index contributed by atoms with van der Waals surface area (Å²) in [5.74, 6) is 0.0194. The van der Waals surface area contributed by atoms with E-state index in [2.05, 4.69) is 4.74 Å². The summed E-state index contributed by atoms with van der Waals surface area (Å²) in [5.41, 5.74) is 1.04. The van der Waals surface area contributed by atoms with E-state index in [1.54, 1.807) is 0 Å². The van der Waals surface area contributed by atoms with Crippen molar-refractivity contribution in [2.45, 2.75) is 6.54 Å². The van der Waals surface area contributed by atoms with Gasteiger partial charge < -0.3 is 4.74 Å². The SMILES string of the molecule is N=C1CN(Cc2ccccc2)C(=O)O1. The van der Waals surface area contributed by atoms with E-state index in [9.17, 15) is 4.79 Å². The summed E-state index contributed by atoms with van der Waals surface area (Å²) in [5, 5.41) is 7.19. The Bertz CT molecular complexity index is 362. The number of hydrogen-bond donors (Lipinski definition) is 1. The molecular formula is C10H10N2O2. The maximum Gasteiger partial charge on any atom is 0.417 e. The number of amides is 1. The quantitative estimate of drug-likeness (QED) is 0.770. The first-order valence-corrected chi connectivity index (χ1v) is 4.34. The van der Waals surface area contributed by atoms with Gasteiger partial charge in [-0.1, -0.05) is 30.3 Å². The fourth-order valence-electron chi connectivity index (χ4n) is 1.36. The second-order valence-corrected chi connectivity index (χ2v) is 3.13. The fourth-order valence-corrected chi connectivity index (χ4v) is 1.36. The van der Waals surface area contributed by atoms with Crippen LogP contribution < -0.4 is 0 Å². The second-order valence-electron chi connectivity index (χ2n) is 3.13. The van der Waals surface area contributed by atoms with Gasteiger partial charge in [-0.15, -0.1) is 0 Å². The van der Waals surface area contributed by atoms with Gasteiger partial charge in [-0.05, 0) is 5.56 Å². The van der Waals surface area contributed by atoms with Gasteiger partial charge in [-0.3, -0.25) is 10.3 Å². The summed E-state index contributed by atoms with van der Waals surface area (Å²) in [6, 6.07) is 9.64. The van der Waals surface area contributed by atoms with Crippen molar-refractivity contribution in [1.29, 1.82) is 5.41 Å². The fraction of sp³-hybridized carbons (Fsp3) is 0.200. The average molecular weight is 190 g/mol. The maximum atomic E-state index is 11.2. The molecule has 0 aromatic heterocycles. The highest BCUT2D eigenvalue weighted by molar-refractivity contribution is 5.94. The molecule has 14 heavy (non-hydrogen) atoms. The molecule has 1 aromatic carbocycles.